The summed E-state index contributed by atoms with van der Waals surface area (Å²) >= 11 is 2.00. The van der Waals surface area contributed by atoms with Gasteiger partial charge >= 0.3 is 0 Å². The second-order valence-electron chi connectivity index (χ2n) is 5.89. The maximum Gasteiger partial charge on any atom is 0.0448 e. The van der Waals surface area contributed by atoms with Crippen molar-refractivity contribution >= 4 is 11.3 Å². The van der Waals surface area contributed by atoms with Gasteiger partial charge in [-0.1, -0.05) is 27.7 Å². The summed E-state index contributed by atoms with van der Waals surface area (Å²) in [5.41, 5.74) is 0.543. The Morgan fingerprint density at radius 1 is 1.41 bits per heavy atom. The van der Waals surface area contributed by atoms with Crippen LogP contribution in [0.2, 0.25) is 0 Å². The molecule has 2 atom stereocenters. The summed E-state index contributed by atoms with van der Waals surface area (Å²) in [4.78, 5) is 3.06. The Kier molecular flexibility index (Phi) is 3.94. The molecule has 0 amide bonds. The highest BCUT2D eigenvalue weighted by Gasteiger charge is 2.50. The molecule has 0 aromatic carbocycles. The fraction of sp³-hybridized carbons (Fsp3) is 0.733. The van der Waals surface area contributed by atoms with Crippen LogP contribution in [0.4, 0.5) is 0 Å². The third kappa shape index (κ3) is 2.92. The minimum Gasteiger partial charge on any atom is -0.309 e. The van der Waals surface area contributed by atoms with Gasteiger partial charge in [0.05, 0.1) is 0 Å². The van der Waals surface area contributed by atoms with E-state index in [1.165, 1.54) is 24.1 Å². The number of nitrogens with one attached hydrogen (secondary N) is 1. The van der Waals surface area contributed by atoms with Gasteiger partial charge in [-0.05, 0) is 49.3 Å². The van der Waals surface area contributed by atoms with E-state index < -0.39 is 0 Å². The second kappa shape index (κ2) is 5.11. The zero-order valence-electron chi connectivity index (χ0n) is 11.5. The fourth-order valence-electron chi connectivity index (χ4n) is 2.57. The first-order chi connectivity index (χ1) is 8.08. The summed E-state index contributed by atoms with van der Waals surface area (Å²) in [7, 11) is 0. The van der Waals surface area contributed by atoms with Crippen molar-refractivity contribution in [1.82, 2.24) is 5.32 Å². The lowest BCUT2D eigenvalue weighted by molar-refractivity contribution is 0.421. The van der Waals surface area contributed by atoms with Crippen LogP contribution in [-0.4, -0.2) is 6.54 Å². The van der Waals surface area contributed by atoms with Gasteiger partial charge in [0.2, 0.25) is 0 Å². The van der Waals surface area contributed by atoms with Crippen molar-refractivity contribution in [3.05, 3.63) is 21.9 Å². The zero-order valence-corrected chi connectivity index (χ0v) is 12.4. The summed E-state index contributed by atoms with van der Waals surface area (Å²) in [6.45, 7) is 10.4. The summed E-state index contributed by atoms with van der Waals surface area (Å²) in [6, 6.07) is 5.23. The average molecular weight is 251 g/mol. The van der Waals surface area contributed by atoms with Crippen molar-refractivity contribution in [2.24, 2.45) is 11.3 Å². The fourth-order valence-corrected chi connectivity index (χ4v) is 3.66. The van der Waals surface area contributed by atoms with E-state index in [0.717, 1.165) is 12.5 Å². The molecule has 0 radical (unpaired) electrons. The summed E-state index contributed by atoms with van der Waals surface area (Å²) in [5, 5.41) is 3.75. The lowest BCUT2D eigenvalue weighted by atomic mass is 10.0. The Balaban J connectivity index is 2.10. The van der Waals surface area contributed by atoms with Gasteiger partial charge in [-0.2, -0.15) is 0 Å². The van der Waals surface area contributed by atoms with E-state index in [2.05, 4.69) is 45.1 Å². The SMILES string of the molecule is CCCNC(c1ccc(CC)s1)C1CC1(C)C. The van der Waals surface area contributed by atoms with Crippen LogP contribution in [0.15, 0.2) is 12.1 Å². The maximum atomic E-state index is 3.75. The molecule has 0 aliphatic heterocycles. The molecular formula is C15H25NS. The molecule has 1 fully saturated rings. The van der Waals surface area contributed by atoms with Crippen LogP contribution in [-0.2, 0) is 6.42 Å². The van der Waals surface area contributed by atoms with Crippen molar-refractivity contribution in [3.63, 3.8) is 0 Å². The Labute approximate surface area is 110 Å². The lowest BCUT2D eigenvalue weighted by Gasteiger charge is -2.19. The quantitative estimate of drug-likeness (QED) is 0.790. The first-order valence-corrected chi connectivity index (χ1v) is 7.72. The molecule has 1 aromatic rings. The minimum absolute atomic E-state index is 0.543. The summed E-state index contributed by atoms with van der Waals surface area (Å²) in [5.74, 6) is 0.831. The molecule has 1 N–H and O–H groups in total. The summed E-state index contributed by atoms with van der Waals surface area (Å²) in [6.07, 6.45) is 3.75. The number of rotatable bonds is 6. The van der Waals surface area contributed by atoms with Crippen molar-refractivity contribution in [1.29, 1.82) is 0 Å². The third-order valence-electron chi connectivity index (χ3n) is 3.94. The predicted octanol–water partition coefficient (Wildman–Crippen LogP) is 4.40. The van der Waals surface area contributed by atoms with Crippen LogP contribution in [0.3, 0.4) is 0 Å². The van der Waals surface area contributed by atoms with Gasteiger partial charge in [-0.3, -0.25) is 0 Å². The van der Waals surface area contributed by atoms with Crippen LogP contribution in [0.1, 0.15) is 56.3 Å². The highest BCUT2D eigenvalue weighted by atomic mass is 32.1. The smallest absolute Gasteiger partial charge is 0.0448 e. The van der Waals surface area contributed by atoms with E-state index in [-0.39, 0.29) is 0 Å². The van der Waals surface area contributed by atoms with Crippen molar-refractivity contribution < 1.29 is 0 Å². The van der Waals surface area contributed by atoms with Gasteiger partial charge in [0.15, 0.2) is 0 Å². The Morgan fingerprint density at radius 2 is 2.12 bits per heavy atom. The molecule has 96 valence electrons. The molecule has 1 aliphatic carbocycles. The molecule has 2 unspecified atom stereocenters. The van der Waals surface area contributed by atoms with Gasteiger partial charge in [-0.15, -0.1) is 11.3 Å². The van der Waals surface area contributed by atoms with Crippen molar-refractivity contribution in [2.45, 2.75) is 53.0 Å². The van der Waals surface area contributed by atoms with Gasteiger partial charge in [-0.25, -0.2) is 0 Å². The number of thiophene rings is 1. The molecule has 1 nitrogen and oxygen atoms in total. The monoisotopic (exact) mass is 251 g/mol. The van der Waals surface area contributed by atoms with Crippen molar-refractivity contribution in [2.75, 3.05) is 6.54 Å². The Morgan fingerprint density at radius 3 is 2.59 bits per heavy atom. The van der Waals surface area contributed by atoms with E-state index in [9.17, 15) is 0 Å². The zero-order chi connectivity index (χ0) is 12.5. The standard InChI is InChI=1S/C15H25NS/c1-5-9-16-14(12-10-15(12,3)4)13-8-7-11(6-2)17-13/h7-8,12,14,16H,5-6,9-10H2,1-4H3. The molecule has 2 heteroatoms. The van der Waals surface area contributed by atoms with Crippen LogP contribution < -0.4 is 5.32 Å². The van der Waals surface area contributed by atoms with E-state index >= 15 is 0 Å². The number of aryl methyl sites for hydroxylation is 1. The van der Waals surface area contributed by atoms with Gasteiger partial charge in [0.25, 0.3) is 0 Å². The molecular weight excluding hydrogens is 226 g/mol. The van der Waals surface area contributed by atoms with E-state index in [1.807, 2.05) is 11.3 Å². The van der Waals surface area contributed by atoms with Crippen LogP contribution >= 0.6 is 11.3 Å². The normalized spacial score (nSPS) is 23.6. The molecule has 1 saturated carbocycles. The topological polar surface area (TPSA) is 12.0 Å². The molecule has 1 heterocycles. The molecule has 1 aromatic heterocycles. The molecule has 0 saturated heterocycles. The maximum absolute atomic E-state index is 3.75. The van der Waals surface area contributed by atoms with E-state index in [0.29, 0.717) is 11.5 Å². The molecule has 2 rings (SSSR count). The molecule has 17 heavy (non-hydrogen) atoms. The molecule has 0 bridgehead atoms. The first-order valence-electron chi connectivity index (χ1n) is 6.90. The average Bonchev–Trinajstić information content (AvgIpc) is 2.76. The van der Waals surface area contributed by atoms with Crippen LogP contribution in [0.5, 0.6) is 0 Å². The Hall–Kier alpha value is -0.340. The highest BCUT2D eigenvalue weighted by molar-refractivity contribution is 7.12. The largest absolute Gasteiger partial charge is 0.309 e. The predicted molar refractivity (Wildman–Crippen MR) is 76.6 cm³/mol. The van der Waals surface area contributed by atoms with Crippen LogP contribution in [0.25, 0.3) is 0 Å². The highest BCUT2D eigenvalue weighted by Crippen LogP contribution is 2.58. The van der Waals surface area contributed by atoms with E-state index in [1.54, 1.807) is 4.88 Å². The van der Waals surface area contributed by atoms with Gasteiger partial charge < -0.3 is 5.32 Å². The van der Waals surface area contributed by atoms with Crippen LogP contribution in [0, 0.1) is 11.3 Å². The summed E-state index contributed by atoms with van der Waals surface area (Å²) < 4.78 is 0. The lowest BCUT2D eigenvalue weighted by Crippen LogP contribution is -2.24. The first kappa shape index (κ1) is 13.1. The van der Waals surface area contributed by atoms with Gasteiger partial charge in [0, 0.05) is 15.8 Å². The third-order valence-corrected chi connectivity index (χ3v) is 5.26. The van der Waals surface area contributed by atoms with Crippen molar-refractivity contribution in [3.8, 4) is 0 Å². The minimum atomic E-state index is 0.543. The Bertz CT molecular complexity index is 367. The molecule has 0 spiro atoms. The van der Waals surface area contributed by atoms with Gasteiger partial charge in [0.1, 0.15) is 0 Å². The number of hydrogen-bond donors (Lipinski definition) is 1. The van der Waals surface area contributed by atoms with E-state index in [4.69, 9.17) is 0 Å². The molecule has 1 aliphatic rings. The number of hydrogen-bond acceptors (Lipinski definition) is 2. The second-order valence-corrected chi connectivity index (χ2v) is 7.09.